The molecule has 1 aromatic heterocycles. The van der Waals surface area contributed by atoms with Crippen LogP contribution in [0.2, 0.25) is 5.22 Å². The Bertz CT molecular complexity index is 368. The van der Waals surface area contributed by atoms with Crippen LogP contribution in [0.3, 0.4) is 0 Å². The molecule has 4 nitrogen and oxygen atoms in total. The Hall–Kier alpha value is -1.47. The van der Waals surface area contributed by atoms with E-state index in [9.17, 15) is 4.79 Å². The number of hydrogen-bond acceptors (Lipinski definition) is 3. The Kier molecular flexibility index (Phi) is 4.72. The van der Waals surface area contributed by atoms with E-state index in [1.54, 1.807) is 0 Å². The van der Waals surface area contributed by atoms with Crippen molar-refractivity contribution in [2.75, 3.05) is 6.54 Å². The van der Waals surface area contributed by atoms with Gasteiger partial charge in [0, 0.05) is 13.0 Å². The number of carbonyl (C=O) groups is 1. The summed E-state index contributed by atoms with van der Waals surface area (Å²) in [5, 5.41) is 11.1. The monoisotopic (exact) mass is 226 g/mol. The Balaban J connectivity index is 2.26. The molecule has 0 aromatic carbocycles. The average Bonchev–Trinajstić information content (AvgIpc) is 2.64. The van der Waals surface area contributed by atoms with Gasteiger partial charge in [-0.1, -0.05) is 0 Å². The van der Waals surface area contributed by atoms with E-state index >= 15 is 0 Å². The molecule has 0 spiro atoms. The minimum atomic E-state index is -0.245. The highest BCUT2D eigenvalue weighted by Crippen LogP contribution is 2.15. The first kappa shape index (κ1) is 11.6. The van der Waals surface area contributed by atoms with Gasteiger partial charge in [0.15, 0.2) is 0 Å². The molecule has 15 heavy (non-hydrogen) atoms. The number of hydrogen-bond donors (Lipinski definition) is 1. The molecule has 0 bridgehead atoms. The molecule has 1 amide bonds. The van der Waals surface area contributed by atoms with Crippen LogP contribution in [0.5, 0.6) is 0 Å². The number of halogens is 1. The number of amides is 1. The van der Waals surface area contributed by atoms with Crippen molar-refractivity contribution in [3.8, 4) is 6.07 Å². The third-order valence-corrected chi connectivity index (χ3v) is 2.16. The number of unbranched alkanes of at least 4 members (excludes halogenated alkanes) is 2. The summed E-state index contributed by atoms with van der Waals surface area (Å²) in [5.41, 5.74) is 0.344. The van der Waals surface area contributed by atoms with Crippen LogP contribution in [0, 0.1) is 11.3 Å². The Labute approximate surface area is 92.8 Å². The summed E-state index contributed by atoms with van der Waals surface area (Å²) in [6.07, 6.45) is 3.46. The highest BCUT2D eigenvalue weighted by Gasteiger charge is 2.11. The highest BCUT2D eigenvalue weighted by atomic mass is 35.5. The normalized spacial score (nSPS) is 9.60. The lowest BCUT2D eigenvalue weighted by atomic mass is 10.2. The zero-order valence-electron chi connectivity index (χ0n) is 8.12. The lowest BCUT2D eigenvalue weighted by molar-refractivity contribution is 0.0952. The maximum atomic E-state index is 11.4. The minimum Gasteiger partial charge on any atom is -0.452 e. The number of carbonyl (C=O) groups excluding carboxylic acids is 1. The van der Waals surface area contributed by atoms with Crippen molar-refractivity contribution < 1.29 is 9.21 Å². The minimum absolute atomic E-state index is 0.101. The first-order valence-electron chi connectivity index (χ1n) is 4.64. The molecule has 0 aliphatic heterocycles. The fraction of sp³-hybridized carbons (Fsp3) is 0.400. The van der Waals surface area contributed by atoms with Crippen LogP contribution < -0.4 is 5.32 Å². The number of furan rings is 1. The van der Waals surface area contributed by atoms with Gasteiger partial charge in [-0.15, -0.1) is 0 Å². The Morgan fingerprint density at radius 3 is 3.00 bits per heavy atom. The molecule has 80 valence electrons. The fourth-order valence-corrected chi connectivity index (χ4v) is 1.28. The van der Waals surface area contributed by atoms with E-state index in [1.807, 2.05) is 6.07 Å². The standard InChI is InChI=1S/C10H11ClN2O2/c11-9-8(4-7-15-9)10(14)13-6-3-1-2-5-12/h4,7H,1-3,6H2,(H,13,14). The van der Waals surface area contributed by atoms with Gasteiger partial charge in [0.1, 0.15) is 0 Å². The summed E-state index contributed by atoms with van der Waals surface area (Å²) >= 11 is 5.63. The lowest BCUT2D eigenvalue weighted by Gasteiger charge is -2.01. The van der Waals surface area contributed by atoms with E-state index in [2.05, 4.69) is 5.32 Å². The van der Waals surface area contributed by atoms with E-state index in [0.717, 1.165) is 12.8 Å². The molecule has 0 saturated heterocycles. The van der Waals surface area contributed by atoms with Crippen molar-refractivity contribution >= 4 is 17.5 Å². The van der Waals surface area contributed by atoms with Gasteiger partial charge in [0.2, 0.25) is 5.22 Å². The molecule has 0 atom stereocenters. The van der Waals surface area contributed by atoms with E-state index in [0.29, 0.717) is 18.5 Å². The topological polar surface area (TPSA) is 66.0 Å². The average molecular weight is 227 g/mol. The van der Waals surface area contributed by atoms with Gasteiger partial charge in [-0.25, -0.2) is 0 Å². The maximum Gasteiger partial charge on any atom is 0.256 e. The lowest BCUT2D eigenvalue weighted by Crippen LogP contribution is -2.24. The van der Waals surface area contributed by atoms with Gasteiger partial charge in [0.25, 0.3) is 5.91 Å². The number of nitrogens with one attached hydrogen (secondary N) is 1. The van der Waals surface area contributed by atoms with Gasteiger partial charge in [0.05, 0.1) is 17.9 Å². The van der Waals surface area contributed by atoms with Crippen LogP contribution in [0.25, 0.3) is 0 Å². The second kappa shape index (κ2) is 6.10. The maximum absolute atomic E-state index is 11.4. The Morgan fingerprint density at radius 2 is 2.40 bits per heavy atom. The molecule has 0 fully saturated rings. The SMILES string of the molecule is N#CCCCCNC(=O)c1ccoc1Cl. The van der Waals surface area contributed by atoms with Crippen molar-refractivity contribution in [1.82, 2.24) is 5.32 Å². The van der Waals surface area contributed by atoms with Crippen LogP contribution in [0.1, 0.15) is 29.6 Å². The van der Waals surface area contributed by atoms with Crippen molar-refractivity contribution in [3.63, 3.8) is 0 Å². The number of nitrogens with zero attached hydrogens (tertiary/aromatic N) is 1. The fourth-order valence-electron chi connectivity index (χ4n) is 1.08. The summed E-state index contributed by atoms with van der Waals surface area (Å²) in [5.74, 6) is -0.245. The smallest absolute Gasteiger partial charge is 0.256 e. The Morgan fingerprint density at radius 1 is 1.60 bits per heavy atom. The molecule has 1 aromatic rings. The molecule has 1 rings (SSSR count). The molecule has 1 N–H and O–H groups in total. The quantitative estimate of drug-likeness (QED) is 0.784. The summed E-state index contributed by atoms with van der Waals surface area (Å²) in [4.78, 5) is 11.4. The van der Waals surface area contributed by atoms with Gasteiger partial charge in [-0.2, -0.15) is 5.26 Å². The van der Waals surface area contributed by atoms with E-state index in [1.165, 1.54) is 12.3 Å². The third kappa shape index (κ3) is 3.64. The molecule has 0 radical (unpaired) electrons. The molecular weight excluding hydrogens is 216 g/mol. The third-order valence-electron chi connectivity index (χ3n) is 1.86. The van der Waals surface area contributed by atoms with Gasteiger partial charge in [-0.3, -0.25) is 4.79 Å². The van der Waals surface area contributed by atoms with E-state index in [4.69, 9.17) is 21.3 Å². The second-order valence-electron chi connectivity index (χ2n) is 2.98. The zero-order chi connectivity index (χ0) is 11.1. The molecule has 0 unspecified atom stereocenters. The van der Waals surface area contributed by atoms with Crippen LogP contribution in [-0.2, 0) is 0 Å². The van der Waals surface area contributed by atoms with Crippen LogP contribution in [0.4, 0.5) is 0 Å². The summed E-state index contributed by atoms with van der Waals surface area (Å²) in [6, 6.07) is 3.56. The molecule has 0 saturated carbocycles. The van der Waals surface area contributed by atoms with Crippen molar-refractivity contribution in [3.05, 3.63) is 23.1 Å². The van der Waals surface area contributed by atoms with Crippen molar-refractivity contribution in [2.24, 2.45) is 0 Å². The van der Waals surface area contributed by atoms with E-state index < -0.39 is 0 Å². The molecule has 5 heteroatoms. The molecular formula is C10H11ClN2O2. The zero-order valence-corrected chi connectivity index (χ0v) is 8.88. The first-order chi connectivity index (χ1) is 7.25. The predicted molar refractivity (Wildman–Crippen MR) is 55.5 cm³/mol. The van der Waals surface area contributed by atoms with Gasteiger partial charge in [-0.05, 0) is 30.5 Å². The number of rotatable bonds is 5. The molecule has 0 aliphatic carbocycles. The van der Waals surface area contributed by atoms with Gasteiger partial charge < -0.3 is 9.73 Å². The van der Waals surface area contributed by atoms with Gasteiger partial charge >= 0.3 is 0 Å². The molecule has 0 aliphatic rings. The van der Waals surface area contributed by atoms with Crippen molar-refractivity contribution in [2.45, 2.75) is 19.3 Å². The first-order valence-corrected chi connectivity index (χ1v) is 5.01. The van der Waals surface area contributed by atoms with Crippen molar-refractivity contribution in [1.29, 1.82) is 5.26 Å². The van der Waals surface area contributed by atoms with Crippen LogP contribution >= 0.6 is 11.6 Å². The molecule has 1 heterocycles. The summed E-state index contributed by atoms with van der Waals surface area (Å²) < 4.78 is 4.79. The van der Waals surface area contributed by atoms with E-state index in [-0.39, 0.29) is 11.1 Å². The summed E-state index contributed by atoms with van der Waals surface area (Å²) in [7, 11) is 0. The largest absolute Gasteiger partial charge is 0.452 e. The second-order valence-corrected chi connectivity index (χ2v) is 3.32. The predicted octanol–water partition coefficient (Wildman–Crippen LogP) is 2.36. The van der Waals surface area contributed by atoms with Crippen LogP contribution in [-0.4, -0.2) is 12.5 Å². The van der Waals surface area contributed by atoms with Crippen LogP contribution in [0.15, 0.2) is 16.7 Å². The number of nitriles is 1. The highest BCUT2D eigenvalue weighted by molar-refractivity contribution is 6.32. The summed E-state index contributed by atoms with van der Waals surface area (Å²) in [6.45, 7) is 0.544.